The third kappa shape index (κ3) is 7.66. The van der Waals surface area contributed by atoms with E-state index < -0.39 is 69.8 Å². The molecule has 15 nitrogen and oxygen atoms in total. The highest BCUT2D eigenvalue weighted by Crippen LogP contribution is 2.36. The molecule has 12 amide bonds. The number of urea groups is 3. The van der Waals surface area contributed by atoms with E-state index in [0.29, 0.717) is 44.4 Å². The first kappa shape index (κ1) is 37.9. The number of carbonyl (C=O) groups excluding carboxylic acids is 9. The number of imide groups is 6. The van der Waals surface area contributed by atoms with Gasteiger partial charge in [0, 0.05) is 0 Å². The van der Waals surface area contributed by atoms with Crippen molar-refractivity contribution >= 4 is 53.5 Å². The highest BCUT2D eigenvalue weighted by atomic mass is 16.2. The van der Waals surface area contributed by atoms with Crippen LogP contribution in [0, 0.1) is 28.1 Å². The molecule has 3 saturated heterocycles. The fraction of sp³-hybridized carbons (Fsp3) is 0.690. The second-order valence-electron chi connectivity index (χ2n) is 11.5. The zero-order chi connectivity index (χ0) is 34.0. The molecular formula is C29H46N6O9. The fourth-order valence-electron chi connectivity index (χ4n) is 5.34. The predicted octanol–water partition coefficient (Wildman–Crippen LogP) is 2.14. The second-order valence-corrected chi connectivity index (χ2v) is 11.5. The summed E-state index contributed by atoms with van der Waals surface area (Å²) in [6, 6.07) is -2.17. The van der Waals surface area contributed by atoms with Gasteiger partial charge in [0.05, 0.1) is 0 Å². The van der Waals surface area contributed by atoms with Crippen molar-refractivity contribution in [3.05, 3.63) is 0 Å². The van der Waals surface area contributed by atoms with Gasteiger partial charge in [-0.2, -0.15) is 0 Å². The molecule has 6 N–H and O–H groups in total. The lowest BCUT2D eigenvalue weighted by Crippen LogP contribution is -2.64. The maximum Gasteiger partial charge on any atom is 0.328 e. The molecule has 0 bridgehead atoms. The fourth-order valence-corrected chi connectivity index (χ4v) is 5.34. The molecule has 0 radical (unpaired) electrons. The first-order valence-electron chi connectivity index (χ1n) is 15.0. The minimum atomic E-state index is -1.09. The van der Waals surface area contributed by atoms with Gasteiger partial charge in [0.1, 0.15) is 16.2 Å². The molecule has 246 valence electrons. The van der Waals surface area contributed by atoms with E-state index in [4.69, 9.17) is 0 Å². The van der Waals surface area contributed by atoms with Gasteiger partial charge in [-0.25, -0.2) is 14.4 Å². The number of nitrogens with one attached hydrogen (secondary N) is 6. The van der Waals surface area contributed by atoms with Crippen molar-refractivity contribution in [1.82, 2.24) is 31.9 Å². The van der Waals surface area contributed by atoms with Crippen molar-refractivity contribution in [2.45, 2.75) is 100 Å². The normalized spacial score (nSPS) is 20.8. The summed E-state index contributed by atoms with van der Waals surface area (Å²) in [6.45, 7) is 14.9. The highest BCUT2D eigenvalue weighted by Gasteiger charge is 2.52. The maximum absolute atomic E-state index is 11.8. The van der Waals surface area contributed by atoms with Crippen molar-refractivity contribution in [1.29, 1.82) is 0 Å². The zero-order valence-corrected chi connectivity index (χ0v) is 26.8. The van der Waals surface area contributed by atoms with E-state index in [0.717, 1.165) is 6.42 Å². The predicted molar refractivity (Wildman–Crippen MR) is 157 cm³/mol. The monoisotopic (exact) mass is 622 g/mol. The van der Waals surface area contributed by atoms with Crippen LogP contribution in [0.4, 0.5) is 14.4 Å². The first-order valence-corrected chi connectivity index (χ1v) is 15.0. The van der Waals surface area contributed by atoms with E-state index in [1.165, 1.54) is 0 Å². The lowest BCUT2D eigenvalue weighted by molar-refractivity contribution is -0.149. The molecule has 1 unspecified atom stereocenters. The zero-order valence-electron chi connectivity index (χ0n) is 26.8. The SMILES string of the molecule is CCC(C)C1(CC)C(=O)NC(=O)NC1=O.CCC1(CC)C(=O)NC(=O)NC1=O.CCC1(CCC(C)C)C(=O)NC(=O)NC1=O. The molecule has 1 atom stereocenters. The Kier molecular flexibility index (Phi) is 13.4. The average molecular weight is 623 g/mol. The van der Waals surface area contributed by atoms with Gasteiger partial charge in [0.2, 0.25) is 35.4 Å². The Morgan fingerprint density at radius 1 is 0.477 bits per heavy atom. The largest absolute Gasteiger partial charge is 0.328 e. The molecule has 0 saturated carbocycles. The number of hydrogen-bond donors (Lipinski definition) is 6. The molecule has 3 heterocycles. The van der Waals surface area contributed by atoms with Gasteiger partial charge in [-0.1, -0.05) is 61.8 Å². The van der Waals surface area contributed by atoms with Gasteiger partial charge in [-0.05, 0) is 50.4 Å². The van der Waals surface area contributed by atoms with Crippen LogP contribution in [0.25, 0.3) is 0 Å². The Balaban J connectivity index is 0.000000332. The minimum Gasteiger partial charge on any atom is -0.277 e. The number of barbiturate groups is 3. The summed E-state index contributed by atoms with van der Waals surface area (Å²) in [6.07, 6.45) is 3.57. The molecule has 0 aromatic carbocycles. The van der Waals surface area contributed by atoms with E-state index in [-0.39, 0.29) is 5.92 Å². The summed E-state index contributed by atoms with van der Waals surface area (Å²) in [4.78, 5) is 103. The Morgan fingerprint density at radius 3 is 1.07 bits per heavy atom. The standard InChI is InChI=1S/C11H18N2O3.C10H16N2O3.C8H12N2O3/c1-4-11(6-5-7(2)3)8(14)12-10(16)13-9(11)15;1-4-6(3)10(5-2)7(13)11-9(15)12-8(10)14;1-3-8(4-2)5(11)9-7(13)10-6(8)12/h7H,4-6H2,1-3H3,(H2,12,13,14,15,16);6H,4-5H2,1-3H3,(H2,11,12,13,14,15);3-4H2,1-2H3,(H2,9,10,11,12,13). The molecule has 3 aliphatic heterocycles. The first-order chi connectivity index (χ1) is 20.5. The summed E-state index contributed by atoms with van der Waals surface area (Å²) in [5.74, 6) is -2.55. The van der Waals surface area contributed by atoms with Gasteiger partial charge in [0.15, 0.2) is 0 Å². The number of rotatable bonds is 9. The van der Waals surface area contributed by atoms with Gasteiger partial charge >= 0.3 is 18.1 Å². The summed E-state index contributed by atoms with van der Waals surface area (Å²) in [5.41, 5.74) is -3.23. The van der Waals surface area contributed by atoms with Crippen molar-refractivity contribution < 1.29 is 43.2 Å². The van der Waals surface area contributed by atoms with E-state index in [1.54, 1.807) is 27.7 Å². The van der Waals surface area contributed by atoms with Crippen LogP contribution in [-0.4, -0.2) is 53.5 Å². The number of hydrogen-bond acceptors (Lipinski definition) is 9. The van der Waals surface area contributed by atoms with E-state index in [9.17, 15) is 43.2 Å². The molecule has 15 heteroatoms. The van der Waals surface area contributed by atoms with E-state index in [2.05, 4.69) is 31.9 Å². The number of carbonyl (C=O) groups is 9. The second kappa shape index (κ2) is 15.5. The van der Waals surface area contributed by atoms with Crippen LogP contribution in [0.15, 0.2) is 0 Å². The average Bonchev–Trinajstić information content (AvgIpc) is 2.94. The van der Waals surface area contributed by atoms with Crippen molar-refractivity contribution in [2.24, 2.45) is 28.1 Å². The van der Waals surface area contributed by atoms with Gasteiger partial charge in [0.25, 0.3) is 0 Å². The Labute approximate surface area is 257 Å². The topological polar surface area (TPSA) is 226 Å². The molecule has 3 fully saturated rings. The molecule has 0 aromatic rings. The highest BCUT2D eigenvalue weighted by molar-refractivity contribution is 6.20. The van der Waals surface area contributed by atoms with Gasteiger partial charge < -0.3 is 0 Å². The lowest BCUT2D eigenvalue weighted by Gasteiger charge is -2.37. The third-order valence-electron chi connectivity index (χ3n) is 8.88. The van der Waals surface area contributed by atoms with Crippen LogP contribution in [-0.2, 0) is 28.8 Å². The maximum atomic E-state index is 11.8. The van der Waals surface area contributed by atoms with Crippen LogP contribution < -0.4 is 31.9 Å². The van der Waals surface area contributed by atoms with Crippen LogP contribution in [0.3, 0.4) is 0 Å². The van der Waals surface area contributed by atoms with Gasteiger partial charge in [-0.15, -0.1) is 0 Å². The molecule has 3 rings (SSSR count). The lowest BCUT2D eigenvalue weighted by atomic mass is 9.70. The Morgan fingerprint density at radius 2 is 0.795 bits per heavy atom. The summed E-state index contributed by atoms with van der Waals surface area (Å²) >= 11 is 0. The minimum absolute atomic E-state index is 0.0874. The van der Waals surface area contributed by atoms with Gasteiger partial charge in [-0.3, -0.25) is 60.7 Å². The Hall–Kier alpha value is -4.17. The van der Waals surface area contributed by atoms with Crippen LogP contribution in [0.1, 0.15) is 100 Å². The molecule has 3 aliphatic rings. The summed E-state index contributed by atoms with van der Waals surface area (Å²) < 4.78 is 0. The quantitative estimate of drug-likeness (QED) is 0.207. The molecule has 0 spiro atoms. The summed E-state index contributed by atoms with van der Waals surface area (Å²) in [5, 5.41) is 12.8. The molecule has 0 aliphatic carbocycles. The van der Waals surface area contributed by atoms with Crippen LogP contribution in [0.2, 0.25) is 0 Å². The number of amides is 12. The molecular weight excluding hydrogens is 576 g/mol. The van der Waals surface area contributed by atoms with Crippen molar-refractivity contribution in [3.8, 4) is 0 Å². The van der Waals surface area contributed by atoms with E-state index >= 15 is 0 Å². The smallest absolute Gasteiger partial charge is 0.277 e. The molecule has 0 aromatic heterocycles. The van der Waals surface area contributed by atoms with Crippen molar-refractivity contribution in [3.63, 3.8) is 0 Å². The molecule has 44 heavy (non-hydrogen) atoms. The Bertz CT molecular complexity index is 1130. The summed E-state index contributed by atoms with van der Waals surface area (Å²) in [7, 11) is 0. The van der Waals surface area contributed by atoms with Crippen molar-refractivity contribution in [2.75, 3.05) is 0 Å². The van der Waals surface area contributed by atoms with Crippen LogP contribution >= 0.6 is 0 Å². The van der Waals surface area contributed by atoms with E-state index in [1.807, 2.05) is 27.7 Å². The third-order valence-corrected chi connectivity index (χ3v) is 8.88. The van der Waals surface area contributed by atoms with Crippen LogP contribution in [0.5, 0.6) is 0 Å².